The van der Waals surface area contributed by atoms with E-state index in [1.165, 1.54) is 0 Å². The monoisotopic (exact) mass is 440 g/mol. The molecule has 4 aromatic rings. The van der Waals surface area contributed by atoms with Gasteiger partial charge in [-0.1, -0.05) is 24.3 Å². The van der Waals surface area contributed by atoms with Gasteiger partial charge in [0.05, 0.1) is 18.5 Å². The predicted molar refractivity (Wildman–Crippen MR) is 128 cm³/mol. The number of carbonyl (C=O) groups excluding carboxylic acids is 2. The van der Waals surface area contributed by atoms with Crippen molar-refractivity contribution in [1.82, 2.24) is 15.1 Å². The molecule has 0 spiro atoms. The molecule has 0 bridgehead atoms. The Morgan fingerprint density at radius 2 is 1.67 bits per heavy atom. The number of hydrogen-bond donors (Lipinski definition) is 2. The van der Waals surface area contributed by atoms with Gasteiger partial charge in [-0.3, -0.25) is 9.59 Å². The summed E-state index contributed by atoms with van der Waals surface area (Å²) < 4.78 is 6.99. The SMILES string of the molecule is CCNC(=O)c1cccc(NC(=O)c2cc(-c3ccc(OC)cc3)n(-c3ccccc3)n2)c1. The van der Waals surface area contributed by atoms with E-state index < -0.39 is 0 Å². The third-order valence-electron chi connectivity index (χ3n) is 5.05. The first-order valence-electron chi connectivity index (χ1n) is 10.6. The summed E-state index contributed by atoms with van der Waals surface area (Å²) in [5.74, 6) is 0.186. The Kier molecular flexibility index (Phi) is 6.50. The van der Waals surface area contributed by atoms with E-state index in [0.717, 1.165) is 22.7 Å². The predicted octanol–water partition coefficient (Wildman–Crippen LogP) is 4.55. The first-order valence-corrected chi connectivity index (χ1v) is 10.6. The van der Waals surface area contributed by atoms with Crippen LogP contribution in [0.25, 0.3) is 16.9 Å². The van der Waals surface area contributed by atoms with Crippen LogP contribution in [0.4, 0.5) is 5.69 Å². The Morgan fingerprint density at radius 1 is 0.909 bits per heavy atom. The molecule has 7 nitrogen and oxygen atoms in total. The van der Waals surface area contributed by atoms with Crippen molar-refractivity contribution in [2.45, 2.75) is 6.92 Å². The number of aromatic nitrogens is 2. The summed E-state index contributed by atoms with van der Waals surface area (Å²) in [6.45, 7) is 2.38. The zero-order valence-electron chi connectivity index (χ0n) is 18.4. The molecular weight excluding hydrogens is 416 g/mol. The van der Waals surface area contributed by atoms with Crippen molar-refractivity contribution in [3.8, 4) is 22.7 Å². The number of rotatable bonds is 7. The molecule has 1 heterocycles. The highest BCUT2D eigenvalue weighted by Crippen LogP contribution is 2.26. The van der Waals surface area contributed by atoms with Crippen molar-refractivity contribution in [3.05, 3.63) is 96.2 Å². The highest BCUT2D eigenvalue weighted by atomic mass is 16.5. The second kappa shape index (κ2) is 9.82. The molecule has 7 heteroatoms. The van der Waals surface area contributed by atoms with Crippen molar-refractivity contribution in [2.75, 3.05) is 19.0 Å². The van der Waals surface area contributed by atoms with Crippen LogP contribution >= 0.6 is 0 Å². The van der Waals surface area contributed by atoms with Gasteiger partial charge in [-0.2, -0.15) is 5.10 Å². The second-order valence-electron chi connectivity index (χ2n) is 7.29. The van der Waals surface area contributed by atoms with Gasteiger partial charge in [0.2, 0.25) is 0 Å². The fraction of sp³-hybridized carbons (Fsp3) is 0.115. The molecule has 0 fully saturated rings. The topological polar surface area (TPSA) is 85.3 Å². The number of anilines is 1. The summed E-state index contributed by atoms with van der Waals surface area (Å²) >= 11 is 0. The molecule has 0 aliphatic rings. The van der Waals surface area contributed by atoms with Crippen LogP contribution in [0.2, 0.25) is 0 Å². The van der Waals surface area contributed by atoms with E-state index in [4.69, 9.17) is 4.74 Å². The van der Waals surface area contributed by atoms with Gasteiger partial charge >= 0.3 is 0 Å². The Bertz CT molecular complexity index is 1260. The van der Waals surface area contributed by atoms with E-state index >= 15 is 0 Å². The van der Waals surface area contributed by atoms with Gasteiger partial charge in [0.15, 0.2) is 5.69 Å². The van der Waals surface area contributed by atoms with E-state index in [2.05, 4.69) is 15.7 Å². The van der Waals surface area contributed by atoms with Crippen molar-refractivity contribution in [1.29, 1.82) is 0 Å². The van der Waals surface area contributed by atoms with Crippen molar-refractivity contribution in [3.63, 3.8) is 0 Å². The molecule has 166 valence electrons. The van der Waals surface area contributed by atoms with Crippen molar-refractivity contribution < 1.29 is 14.3 Å². The number of nitrogens with zero attached hydrogens (tertiary/aromatic N) is 2. The Labute approximate surface area is 192 Å². The summed E-state index contributed by atoms with van der Waals surface area (Å²) in [6.07, 6.45) is 0. The normalized spacial score (nSPS) is 10.5. The minimum atomic E-state index is -0.368. The molecule has 0 aliphatic heterocycles. The third-order valence-corrected chi connectivity index (χ3v) is 5.05. The molecule has 0 unspecified atom stereocenters. The van der Waals surface area contributed by atoms with E-state index in [1.807, 2.05) is 61.5 Å². The summed E-state index contributed by atoms with van der Waals surface area (Å²) in [6, 6.07) is 25.7. The minimum absolute atomic E-state index is 0.191. The number of methoxy groups -OCH3 is 1. The lowest BCUT2D eigenvalue weighted by molar-refractivity contribution is 0.0954. The van der Waals surface area contributed by atoms with Crippen LogP contribution in [-0.2, 0) is 0 Å². The van der Waals surface area contributed by atoms with Gasteiger partial charge in [0.25, 0.3) is 11.8 Å². The second-order valence-corrected chi connectivity index (χ2v) is 7.29. The van der Waals surface area contributed by atoms with Crippen LogP contribution < -0.4 is 15.4 Å². The largest absolute Gasteiger partial charge is 0.497 e. The number of ether oxygens (including phenoxy) is 1. The third kappa shape index (κ3) is 4.93. The number of amides is 2. The standard InChI is InChI=1S/C26H24N4O3/c1-3-27-25(31)19-8-7-9-20(16-19)28-26(32)23-17-24(18-12-14-22(33-2)15-13-18)30(29-23)21-10-5-4-6-11-21/h4-17H,3H2,1-2H3,(H,27,31)(H,28,32). The maximum Gasteiger partial charge on any atom is 0.276 e. The fourth-order valence-electron chi connectivity index (χ4n) is 3.42. The van der Waals surface area contributed by atoms with Crippen LogP contribution in [-0.4, -0.2) is 35.2 Å². The maximum absolute atomic E-state index is 13.0. The van der Waals surface area contributed by atoms with E-state index in [0.29, 0.717) is 17.8 Å². The van der Waals surface area contributed by atoms with E-state index in [1.54, 1.807) is 42.1 Å². The maximum atomic E-state index is 13.0. The van der Waals surface area contributed by atoms with Crippen LogP contribution in [0.3, 0.4) is 0 Å². The minimum Gasteiger partial charge on any atom is -0.497 e. The van der Waals surface area contributed by atoms with Gasteiger partial charge < -0.3 is 15.4 Å². The highest BCUT2D eigenvalue weighted by Gasteiger charge is 2.17. The number of para-hydroxylation sites is 1. The number of nitrogens with one attached hydrogen (secondary N) is 2. The summed E-state index contributed by atoms with van der Waals surface area (Å²) in [5, 5.41) is 10.2. The molecule has 2 N–H and O–H groups in total. The summed E-state index contributed by atoms with van der Waals surface area (Å²) in [4.78, 5) is 25.2. The average Bonchev–Trinajstić information content (AvgIpc) is 3.31. The van der Waals surface area contributed by atoms with E-state index in [-0.39, 0.29) is 17.5 Å². The zero-order chi connectivity index (χ0) is 23.2. The van der Waals surface area contributed by atoms with Gasteiger partial charge in [-0.25, -0.2) is 4.68 Å². The Morgan fingerprint density at radius 3 is 2.36 bits per heavy atom. The lowest BCUT2D eigenvalue weighted by atomic mass is 10.1. The number of carbonyl (C=O) groups is 2. The lowest BCUT2D eigenvalue weighted by Gasteiger charge is -2.08. The molecule has 0 radical (unpaired) electrons. The molecule has 4 rings (SSSR count). The van der Waals surface area contributed by atoms with Gasteiger partial charge in [-0.05, 0) is 67.6 Å². The van der Waals surface area contributed by atoms with Crippen molar-refractivity contribution >= 4 is 17.5 Å². The molecular formula is C26H24N4O3. The molecule has 1 aromatic heterocycles. The molecule has 0 saturated heterocycles. The zero-order valence-corrected chi connectivity index (χ0v) is 18.4. The Hall–Kier alpha value is -4.39. The molecule has 33 heavy (non-hydrogen) atoms. The first kappa shape index (κ1) is 21.8. The average molecular weight is 441 g/mol. The number of hydrogen-bond acceptors (Lipinski definition) is 4. The number of benzene rings is 3. The lowest BCUT2D eigenvalue weighted by Crippen LogP contribution is -2.22. The van der Waals surface area contributed by atoms with Gasteiger partial charge in [0, 0.05) is 23.4 Å². The highest BCUT2D eigenvalue weighted by molar-refractivity contribution is 6.04. The van der Waals surface area contributed by atoms with E-state index in [9.17, 15) is 9.59 Å². The van der Waals surface area contributed by atoms with Crippen LogP contribution in [0.1, 0.15) is 27.8 Å². The summed E-state index contributed by atoms with van der Waals surface area (Å²) in [7, 11) is 1.62. The van der Waals surface area contributed by atoms with Crippen LogP contribution in [0.5, 0.6) is 5.75 Å². The van der Waals surface area contributed by atoms with Gasteiger partial charge in [-0.15, -0.1) is 0 Å². The molecule has 2 amide bonds. The quantitative estimate of drug-likeness (QED) is 0.442. The first-order chi connectivity index (χ1) is 16.1. The fourth-order valence-corrected chi connectivity index (χ4v) is 3.42. The molecule has 0 atom stereocenters. The summed E-state index contributed by atoms with van der Waals surface area (Å²) in [5.41, 5.74) is 3.75. The van der Waals surface area contributed by atoms with Gasteiger partial charge in [0.1, 0.15) is 5.75 Å². The van der Waals surface area contributed by atoms with Crippen LogP contribution in [0, 0.1) is 0 Å². The van der Waals surface area contributed by atoms with Crippen molar-refractivity contribution in [2.24, 2.45) is 0 Å². The molecule has 3 aromatic carbocycles. The molecule has 0 saturated carbocycles. The van der Waals surface area contributed by atoms with Crippen LogP contribution in [0.15, 0.2) is 84.9 Å². The Balaban J connectivity index is 1.66. The smallest absolute Gasteiger partial charge is 0.276 e. The molecule has 0 aliphatic carbocycles.